The fourth-order valence-corrected chi connectivity index (χ4v) is 6.28. The average Bonchev–Trinajstić information content (AvgIpc) is 3.77. The minimum atomic E-state index is 0.137. The van der Waals surface area contributed by atoms with Crippen LogP contribution in [0.5, 0.6) is 0 Å². The summed E-state index contributed by atoms with van der Waals surface area (Å²) in [6, 6.07) is 30.7. The molecule has 3 nitrogen and oxygen atoms in total. The van der Waals surface area contributed by atoms with Gasteiger partial charge in [0, 0.05) is 0 Å². The van der Waals surface area contributed by atoms with Crippen molar-refractivity contribution in [1.29, 1.82) is 0 Å². The molecule has 2 fully saturated rings. The third-order valence-corrected chi connectivity index (χ3v) is 8.12. The molecule has 4 aromatic rings. The van der Waals surface area contributed by atoms with E-state index in [0.717, 1.165) is 12.8 Å². The van der Waals surface area contributed by atoms with Crippen molar-refractivity contribution in [3.05, 3.63) is 118 Å². The Morgan fingerprint density at radius 2 is 1.00 bits per heavy atom. The summed E-state index contributed by atoms with van der Waals surface area (Å²) in [6.07, 6.45) is 2.56. The molecule has 8 rings (SSSR count). The molecule has 0 saturated carbocycles. The summed E-state index contributed by atoms with van der Waals surface area (Å²) < 4.78 is 18.2. The number of hydrogen-bond acceptors (Lipinski definition) is 3. The highest BCUT2D eigenvalue weighted by molar-refractivity contribution is 5.79. The highest BCUT2D eigenvalue weighted by Gasteiger charge is 2.45. The third-order valence-electron chi connectivity index (χ3n) is 8.12. The topological polar surface area (TPSA) is 34.3 Å². The second-order valence-corrected chi connectivity index (χ2v) is 10.1. The van der Waals surface area contributed by atoms with Gasteiger partial charge < -0.3 is 14.2 Å². The van der Waals surface area contributed by atoms with Gasteiger partial charge in [0.2, 0.25) is 0 Å². The van der Waals surface area contributed by atoms with E-state index in [4.69, 9.17) is 14.2 Å². The first-order chi connectivity index (χ1) is 17.3. The fraction of sp³-hybridized carbons (Fsp3) is 0.250. The third kappa shape index (κ3) is 3.23. The molecule has 0 spiro atoms. The van der Waals surface area contributed by atoms with Crippen molar-refractivity contribution in [2.75, 3.05) is 13.2 Å². The molecule has 2 saturated heterocycles. The molecular weight excluding hydrogens is 432 g/mol. The van der Waals surface area contributed by atoms with Gasteiger partial charge in [0.25, 0.3) is 0 Å². The van der Waals surface area contributed by atoms with Crippen LogP contribution < -0.4 is 0 Å². The minimum absolute atomic E-state index is 0.137. The largest absolute Gasteiger partial charge is 0.376 e. The smallest absolute Gasteiger partial charge is 0.112 e. The fourth-order valence-electron chi connectivity index (χ4n) is 6.28. The van der Waals surface area contributed by atoms with Gasteiger partial charge in [0.05, 0.1) is 13.2 Å². The summed E-state index contributed by atoms with van der Waals surface area (Å²) in [6.45, 7) is 1.23. The number of epoxide rings is 2. The molecule has 0 radical (unpaired) electrons. The van der Waals surface area contributed by atoms with E-state index in [1.165, 1.54) is 55.6 Å². The second kappa shape index (κ2) is 7.63. The van der Waals surface area contributed by atoms with Gasteiger partial charge in [-0.1, -0.05) is 84.9 Å². The first-order valence-electron chi connectivity index (χ1n) is 12.6. The molecule has 2 aliphatic heterocycles. The van der Waals surface area contributed by atoms with Gasteiger partial charge in [-0.15, -0.1) is 0 Å². The van der Waals surface area contributed by atoms with Crippen molar-refractivity contribution in [2.24, 2.45) is 0 Å². The molecule has 3 heteroatoms. The highest BCUT2D eigenvalue weighted by Crippen LogP contribution is 2.48. The van der Waals surface area contributed by atoms with Gasteiger partial charge in [-0.2, -0.15) is 0 Å². The van der Waals surface area contributed by atoms with Gasteiger partial charge in [-0.25, -0.2) is 0 Å². The lowest BCUT2D eigenvalue weighted by Gasteiger charge is -2.07. The van der Waals surface area contributed by atoms with Crippen molar-refractivity contribution in [3.8, 4) is 22.3 Å². The maximum atomic E-state index is 6.10. The zero-order valence-corrected chi connectivity index (χ0v) is 19.4. The van der Waals surface area contributed by atoms with Crippen molar-refractivity contribution in [3.63, 3.8) is 0 Å². The average molecular weight is 459 g/mol. The SMILES string of the molecule is c1ccc2c(c1)Cc1c-2cccc1C1OC1COCC1OC1c1cccc2c1Cc1ccccc1-2. The van der Waals surface area contributed by atoms with Crippen LogP contribution in [0.25, 0.3) is 22.3 Å². The molecule has 35 heavy (non-hydrogen) atoms. The molecule has 2 aliphatic carbocycles. The molecule has 0 amide bonds. The molecule has 4 aliphatic rings. The van der Waals surface area contributed by atoms with E-state index in [1.54, 1.807) is 0 Å². The number of benzene rings is 4. The van der Waals surface area contributed by atoms with Crippen LogP contribution in [0.3, 0.4) is 0 Å². The van der Waals surface area contributed by atoms with E-state index >= 15 is 0 Å². The predicted octanol–water partition coefficient (Wildman–Crippen LogP) is 6.43. The predicted molar refractivity (Wildman–Crippen MR) is 135 cm³/mol. The van der Waals surface area contributed by atoms with E-state index in [0.29, 0.717) is 13.2 Å². The Labute approximate surface area is 205 Å². The van der Waals surface area contributed by atoms with Crippen LogP contribution in [0.15, 0.2) is 84.9 Å². The van der Waals surface area contributed by atoms with Crippen molar-refractivity contribution >= 4 is 0 Å². The van der Waals surface area contributed by atoms with Gasteiger partial charge in [0.15, 0.2) is 0 Å². The van der Waals surface area contributed by atoms with Crippen LogP contribution >= 0.6 is 0 Å². The number of fused-ring (bicyclic) bond motifs is 6. The molecule has 2 heterocycles. The van der Waals surface area contributed by atoms with Crippen molar-refractivity contribution < 1.29 is 14.2 Å². The van der Waals surface area contributed by atoms with Crippen LogP contribution in [-0.4, -0.2) is 25.4 Å². The zero-order valence-electron chi connectivity index (χ0n) is 19.4. The first-order valence-corrected chi connectivity index (χ1v) is 12.6. The van der Waals surface area contributed by atoms with Crippen LogP contribution in [0.4, 0.5) is 0 Å². The summed E-state index contributed by atoms with van der Waals surface area (Å²) in [5.74, 6) is 0. The monoisotopic (exact) mass is 458 g/mol. The second-order valence-electron chi connectivity index (χ2n) is 10.1. The lowest BCUT2D eigenvalue weighted by molar-refractivity contribution is 0.102. The number of ether oxygens (including phenoxy) is 3. The Kier molecular flexibility index (Phi) is 4.36. The Bertz CT molecular complexity index is 1360. The number of rotatable bonds is 6. The van der Waals surface area contributed by atoms with Crippen LogP contribution in [0.1, 0.15) is 45.6 Å². The summed E-state index contributed by atoms with van der Waals surface area (Å²) in [4.78, 5) is 0. The maximum Gasteiger partial charge on any atom is 0.112 e. The highest BCUT2D eigenvalue weighted by atomic mass is 16.6. The maximum absolute atomic E-state index is 6.10. The summed E-state index contributed by atoms with van der Waals surface area (Å²) in [5.41, 5.74) is 13.8. The van der Waals surface area contributed by atoms with Crippen molar-refractivity contribution in [1.82, 2.24) is 0 Å². The number of hydrogen-bond donors (Lipinski definition) is 0. The van der Waals surface area contributed by atoms with E-state index in [9.17, 15) is 0 Å². The Morgan fingerprint density at radius 1 is 0.543 bits per heavy atom. The van der Waals surface area contributed by atoms with Crippen LogP contribution in [-0.2, 0) is 27.1 Å². The Hall–Kier alpha value is -3.24. The molecule has 0 N–H and O–H groups in total. The van der Waals surface area contributed by atoms with Crippen molar-refractivity contribution in [2.45, 2.75) is 37.3 Å². The van der Waals surface area contributed by atoms with Gasteiger partial charge in [0.1, 0.15) is 24.4 Å². The Balaban J connectivity index is 0.903. The van der Waals surface area contributed by atoms with Gasteiger partial charge in [-0.05, 0) is 68.5 Å². The van der Waals surface area contributed by atoms with Crippen LogP contribution in [0, 0.1) is 0 Å². The van der Waals surface area contributed by atoms with E-state index in [2.05, 4.69) is 84.9 Å². The quantitative estimate of drug-likeness (QED) is 0.270. The molecule has 0 bridgehead atoms. The summed E-state index contributed by atoms with van der Waals surface area (Å²) >= 11 is 0. The lowest BCUT2D eigenvalue weighted by Crippen LogP contribution is -2.09. The zero-order chi connectivity index (χ0) is 22.9. The van der Waals surface area contributed by atoms with Gasteiger partial charge >= 0.3 is 0 Å². The van der Waals surface area contributed by atoms with E-state index < -0.39 is 0 Å². The molecule has 4 unspecified atom stereocenters. The molecule has 4 aromatic carbocycles. The van der Waals surface area contributed by atoms with E-state index in [1.807, 2.05) is 0 Å². The minimum Gasteiger partial charge on any atom is -0.376 e. The normalized spacial score (nSPS) is 24.5. The molecule has 172 valence electrons. The van der Waals surface area contributed by atoms with E-state index in [-0.39, 0.29) is 24.4 Å². The molecular formula is C32H26O3. The summed E-state index contributed by atoms with van der Waals surface area (Å²) in [5, 5.41) is 0. The summed E-state index contributed by atoms with van der Waals surface area (Å²) in [7, 11) is 0. The first kappa shape index (κ1) is 20.0. The standard InChI is InChI=1S/C32H26O3/c1-3-9-21-19(7-1)15-27-23(21)11-5-13-25(27)31-29(34-31)17-33-18-30-32(35-30)26-14-6-12-24-22-10-4-2-8-20(22)16-28(24)26/h1-14,29-32H,15-18H2. The van der Waals surface area contributed by atoms with Gasteiger partial charge in [-0.3, -0.25) is 0 Å². The molecule has 4 atom stereocenters. The molecule has 0 aromatic heterocycles. The van der Waals surface area contributed by atoms with Crippen LogP contribution in [0.2, 0.25) is 0 Å². The Morgan fingerprint density at radius 3 is 1.51 bits per heavy atom. The lowest BCUT2D eigenvalue weighted by atomic mass is 9.98.